The monoisotopic (exact) mass is 319 g/mol. The quantitative estimate of drug-likeness (QED) is 0.907. The Morgan fingerprint density at radius 3 is 2.68 bits per heavy atom. The second-order valence-corrected chi connectivity index (χ2v) is 5.08. The molecule has 0 bridgehead atoms. The molecule has 0 fully saturated rings. The second kappa shape index (κ2) is 5.89. The topological polar surface area (TPSA) is 49.3 Å². The number of halogens is 1. The van der Waals surface area contributed by atoms with Crippen molar-refractivity contribution in [3.63, 3.8) is 0 Å². The lowest BCUT2D eigenvalue weighted by Gasteiger charge is -2.09. The number of phenolic OH excluding ortho intramolecular Hbond substituents is 1. The van der Waals surface area contributed by atoms with Crippen molar-refractivity contribution in [3.05, 3.63) is 58.1 Å². The van der Waals surface area contributed by atoms with E-state index in [-0.39, 0.29) is 18.1 Å². The maximum absolute atomic E-state index is 12.0. The molecule has 0 unspecified atom stereocenters. The van der Waals surface area contributed by atoms with Crippen LogP contribution in [0, 0.1) is 6.92 Å². The van der Waals surface area contributed by atoms with Gasteiger partial charge in [-0.05, 0) is 40.5 Å². The Kier molecular flexibility index (Phi) is 4.22. The first-order valence-corrected chi connectivity index (χ1v) is 6.69. The largest absolute Gasteiger partial charge is 0.508 e. The molecule has 0 aliphatic rings. The molecule has 1 amide bonds. The van der Waals surface area contributed by atoms with Gasteiger partial charge < -0.3 is 10.4 Å². The molecule has 2 aromatic carbocycles. The first-order valence-electron chi connectivity index (χ1n) is 5.90. The molecule has 0 atom stereocenters. The van der Waals surface area contributed by atoms with Crippen LogP contribution in [0.5, 0.6) is 5.75 Å². The number of anilines is 1. The highest BCUT2D eigenvalue weighted by Crippen LogP contribution is 2.26. The van der Waals surface area contributed by atoms with Crippen LogP contribution in [-0.4, -0.2) is 11.0 Å². The third-order valence-electron chi connectivity index (χ3n) is 2.81. The van der Waals surface area contributed by atoms with Crippen molar-refractivity contribution in [1.29, 1.82) is 0 Å². The van der Waals surface area contributed by atoms with E-state index in [0.717, 1.165) is 15.7 Å². The van der Waals surface area contributed by atoms with Crippen LogP contribution < -0.4 is 5.32 Å². The number of carbonyl (C=O) groups is 1. The fourth-order valence-electron chi connectivity index (χ4n) is 1.77. The van der Waals surface area contributed by atoms with Crippen LogP contribution in [-0.2, 0) is 11.2 Å². The van der Waals surface area contributed by atoms with Crippen LogP contribution in [0.15, 0.2) is 46.9 Å². The smallest absolute Gasteiger partial charge is 0.228 e. The molecule has 0 aliphatic carbocycles. The van der Waals surface area contributed by atoms with Crippen LogP contribution in [0.2, 0.25) is 0 Å². The summed E-state index contributed by atoms with van der Waals surface area (Å²) in [5, 5.41) is 12.5. The van der Waals surface area contributed by atoms with Crippen molar-refractivity contribution in [2.24, 2.45) is 0 Å². The lowest BCUT2D eigenvalue weighted by atomic mass is 10.1. The van der Waals surface area contributed by atoms with Crippen molar-refractivity contribution < 1.29 is 9.90 Å². The highest BCUT2D eigenvalue weighted by atomic mass is 79.9. The van der Waals surface area contributed by atoms with E-state index < -0.39 is 0 Å². The zero-order chi connectivity index (χ0) is 13.8. The lowest BCUT2D eigenvalue weighted by Crippen LogP contribution is -2.15. The predicted octanol–water partition coefficient (Wildman–Crippen LogP) is 3.64. The summed E-state index contributed by atoms with van der Waals surface area (Å²) >= 11 is 3.44. The zero-order valence-corrected chi connectivity index (χ0v) is 12.1. The van der Waals surface area contributed by atoms with Gasteiger partial charge in [0.2, 0.25) is 5.91 Å². The Labute approximate surface area is 120 Å². The summed E-state index contributed by atoms with van der Waals surface area (Å²) in [6.07, 6.45) is 0.146. The molecule has 0 heterocycles. The minimum Gasteiger partial charge on any atom is -0.508 e. The van der Waals surface area contributed by atoms with E-state index >= 15 is 0 Å². The van der Waals surface area contributed by atoms with E-state index in [0.29, 0.717) is 5.56 Å². The van der Waals surface area contributed by atoms with Crippen molar-refractivity contribution in [2.45, 2.75) is 13.3 Å². The van der Waals surface area contributed by atoms with Gasteiger partial charge in [0.25, 0.3) is 0 Å². The van der Waals surface area contributed by atoms with E-state index in [4.69, 9.17) is 0 Å². The van der Waals surface area contributed by atoms with Crippen molar-refractivity contribution in [3.8, 4) is 5.75 Å². The second-order valence-electron chi connectivity index (χ2n) is 4.29. The van der Waals surface area contributed by atoms with E-state index in [1.807, 2.05) is 25.1 Å². The zero-order valence-electron chi connectivity index (χ0n) is 10.5. The Morgan fingerprint density at radius 2 is 1.95 bits per heavy atom. The van der Waals surface area contributed by atoms with Crippen molar-refractivity contribution in [2.75, 3.05) is 5.32 Å². The summed E-state index contributed by atoms with van der Waals surface area (Å²) in [6, 6.07) is 12.5. The number of hydrogen-bond acceptors (Lipinski definition) is 2. The molecular weight excluding hydrogens is 306 g/mol. The number of benzene rings is 2. The number of para-hydroxylation sites is 1. The standard InChI is InChI=1S/C15H14BrNO2/c1-10-5-4-7-12(15(10)16)17-14(19)9-11-6-2-3-8-13(11)18/h2-8,18H,9H2,1H3,(H,17,19). The molecule has 0 saturated carbocycles. The number of rotatable bonds is 3. The van der Waals surface area contributed by atoms with Gasteiger partial charge in [-0.25, -0.2) is 0 Å². The Bertz CT molecular complexity index is 611. The molecule has 98 valence electrons. The van der Waals surface area contributed by atoms with Gasteiger partial charge in [-0.15, -0.1) is 0 Å². The average Bonchev–Trinajstić information content (AvgIpc) is 2.38. The van der Waals surface area contributed by atoms with E-state index in [9.17, 15) is 9.90 Å². The highest BCUT2D eigenvalue weighted by Gasteiger charge is 2.09. The van der Waals surface area contributed by atoms with Gasteiger partial charge in [0, 0.05) is 10.0 Å². The molecule has 0 spiro atoms. The maximum atomic E-state index is 12.0. The minimum atomic E-state index is -0.159. The summed E-state index contributed by atoms with van der Waals surface area (Å²) in [7, 11) is 0. The molecule has 0 aromatic heterocycles. The van der Waals surface area contributed by atoms with Crippen LogP contribution in [0.4, 0.5) is 5.69 Å². The number of carbonyl (C=O) groups excluding carboxylic acids is 1. The van der Waals surface area contributed by atoms with Crippen molar-refractivity contribution in [1.82, 2.24) is 0 Å². The van der Waals surface area contributed by atoms with E-state index in [1.54, 1.807) is 24.3 Å². The number of hydrogen-bond donors (Lipinski definition) is 2. The van der Waals surface area contributed by atoms with Crippen LogP contribution in [0.1, 0.15) is 11.1 Å². The maximum Gasteiger partial charge on any atom is 0.228 e. The molecule has 0 saturated heterocycles. The SMILES string of the molecule is Cc1cccc(NC(=O)Cc2ccccc2O)c1Br. The van der Waals surface area contributed by atoms with E-state index in [1.165, 1.54) is 0 Å². The fourth-order valence-corrected chi connectivity index (χ4v) is 2.14. The first-order chi connectivity index (χ1) is 9.08. The number of aryl methyl sites for hydroxylation is 1. The van der Waals surface area contributed by atoms with Gasteiger partial charge in [0.15, 0.2) is 0 Å². The minimum absolute atomic E-state index is 0.140. The molecule has 2 aromatic rings. The highest BCUT2D eigenvalue weighted by molar-refractivity contribution is 9.10. The summed E-state index contributed by atoms with van der Waals surface area (Å²) in [4.78, 5) is 12.0. The van der Waals surface area contributed by atoms with Crippen molar-refractivity contribution >= 4 is 27.5 Å². The van der Waals surface area contributed by atoms with Gasteiger partial charge in [0.1, 0.15) is 5.75 Å². The Balaban J connectivity index is 2.10. The van der Waals surface area contributed by atoms with Gasteiger partial charge in [0.05, 0.1) is 12.1 Å². The van der Waals surface area contributed by atoms with Crippen LogP contribution in [0.25, 0.3) is 0 Å². The Hall–Kier alpha value is -1.81. The Morgan fingerprint density at radius 1 is 1.21 bits per heavy atom. The van der Waals surface area contributed by atoms with Gasteiger partial charge >= 0.3 is 0 Å². The summed E-state index contributed by atoms with van der Waals surface area (Å²) < 4.78 is 0.876. The summed E-state index contributed by atoms with van der Waals surface area (Å²) in [6.45, 7) is 1.96. The molecule has 0 radical (unpaired) electrons. The van der Waals surface area contributed by atoms with Crippen LogP contribution >= 0.6 is 15.9 Å². The molecule has 2 rings (SSSR count). The molecule has 2 N–H and O–H groups in total. The van der Waals surface area contributed by atoms with Gasteiger partial charge in [-0.3, -0.25) is 4.79 Å². The van der Waals surface area contributed by atoms with E-state index in [2.05, 4.69) is 21.2 Å². The number of phenols is 1. The summed E-state index contributed by atoms with van der Waals surface area (Å²) in [5.41, 5.74) is 2.41. The summed E-state index contributed by atoms with van der Waals surface area (Å²) in [5.74, 6) is -0.0197. The number of aromatic hydroxyl groups is 1. The molecule has 4 heteroatoms. The third kappa shape index (κ3) is 3.35. The first kappa shape index (κ1) is 13.6. The number of nitrogens with one attached hydrogen (secondary N) is 1. The molecule has 19 heavy (non-hydrogen) atoms. The number of amides is 1. The van der Waals surface area contributed by atoms with Gasteiger partial charge in [-0.2, -0.15) is 0 Å². The predicted molar refractivity (Wildman–Crippen MR) is 79.3 cm³/mol. The van der Waals surface area contributed by atoms with Crippen LogP contribution in [0.3, 0.4) is 0 Å². The third-order valence-corrected chi connectivity index (χ3v) is 3.86. The molecular formula is C15H14BrNO2. The molecule has 0 aliphatic heterocycles. The fraction of sp³-hybridized carbons (Fsp3) is 0.133. The lowest BCUT2D eigenvalue weighted by molar-refractivity contribution is -0.115. The average molecular weight is 320 g/mol. The normalized spacial score (nSPS) is 10.2. The van der Waals surface area contributed by atoms with Gasteiger partial charge in [-0.1, -0.05) is 30.3 Å². The molecule has 3 nitrogen and oxygen atoms in total.